The van der Waals surface area contributed by atoms with E-state index in [0.717, 1.165) is 11.1 Å². The molecule has 1 aromatic heterocycles. The van der Waals surface area contributed by atoms with Gasteiger partial charge in [0.05, 0.1) is 19.3 Å². The molecule has 1 unspecified atom stereocenters. The third kappa shape index (κ3) is 1.18. The number of fused-ring (bicyclic) bond motifs is 1. The molecule has 1 aromatic rings. The van der Waals surface area contributed by atoms with Crippen LogP contribution in [0.2, 0.25) is 0 Å². The van der Waals surface area contributed by atoms with E-state index < -0.39 is 0 Å². The smallest absolute Gasteiger partial charge is 0.145 e. The molecular weight excluding hydrogens is 170 g/mol. The van der Waals surface area contributed by atoms with Crippen LogP contribution in [-0.2, 0) is 18.0 Å². The summed E-state index contributed by atoms with van der Waals surface area (Å²) in [6.07, 6.45) is 1.64. The van der Waals surface area contributed by atoms with Gasteiger partial charge in [0.15, 0.2) is 0 Å². The molecule has 0 spiro atoms. The fourth-order valence-electron chi connectivity index (χ4n) is 1.51. The Hall–Kier alpha value is -1.13. The second-order valence-electron chi connectivity index (χ2n) is 3.10. The van der Waals surface area contributed by atoms with E-state index in [4.69, 9.17) is 9.84 Å². The second kappa shape index (κ2) is 2.97. The Morgan fingerprint density at radius 1 is 1.69 bits per heavy atom. The predicted octanol–water partition coefficient (Wildman–Crippen LogP) is 0.871. The summed E-state index contributed by atoms with van der Waals surface area (Å²) in [6.45, 7) is 2.07. The summed E-state index contributed by atoms with van der Waals surface area (Å²) < 4.78 is 5.32. The van der Waals surface area contributed by atoms with Crippen molar-refractivity contribution in [2.75, 3.05) is 0 Å². The van der Waals surface area contributed by atoms with E-state index in [-0.39, 0.29) is 18.5 Å². The lowest BCUT2D eigenvalue weighted by atomic mass is 10.1. The molecule has 0 radical (unpaired) electrons. The number of aliphatic hydroxyl groups excluding tert-OH is 1. The highest BCUT2D eigenvalue weighted by molar-refractivity contribution is 5.43. The largest absolute Gasteiger partial charge is 0.506 e. The van der Waals surface area contributed by atoms with E-state index in [1.165, 1.54) is 0 Å². The molecule has 1 atom stereocenters. The molecule has 0 saturated carbocycles. The molecule has 2 N–H and O–H groups in total. The summed E-state index contributed by atoms with van der Waals surface area (Å²) in [5.74, 6) is 0.0735. The maximum absolute atomic E-state index is 9.62. The molecule has 0 saturated heterocycles. The first kappa shape index (κ1) is 8.47. The van der Waals surface area contributed by atoms with Gasteiger partial charge in [0.1, 0.15) is 11.4 Å². The summed E-state index contributed by atoms with van der Waals surface area (Å²) in [4.78, 5) is 3.94. The maximum atomic E-state index is 9.62. The van der Waals surface area contributed by atoms with E-state index in [1.807, 2.05) is 6.92 Å². The van der Waals surface area contributed by atoms with Crippen molar-refractivity contribution in [3.05, 3.63) is 23.0 Å². The number of hydrogen-bond donors (Lipinski definition) is 2. The van der Waals surface area contributed by atoms with Crippen molar-refractivity contribution in [2.45, 2.75) is 26.2 Å². The van der Waals surface area contributed by atoms with Crippen LogP contribution >= 0.6 is 0 Å². The molecule has 0 fully saturated rings. The first-order valence-electron chi connectivity index (χ1n) is 4.16. The summed E-state index contributed by atoms with van der Waals surface area (Å²) >= 11 is 0. The summed E-state index contributed by atoms with van der Waals surface area (Å²) in [5.41, 5.74) is 1.98. The van der Waals surface area contributed by atoms with Gasteiger partial charge in [-0.05, 0) is 6.92 Å². The standard InChI is InChI=1S/C9H11NO3/c1-5-6-2-10-8(3-11)9(12)7(6)4-13-5/h2,5,11-12H,3-4H2,1H3. The molecule has 2 heterocycles. The predicted molar refractivity (Wildman–Crippen MR) is 45.0 cm³/mol. The number of ether oxygens (including phenoxy) is 1. The van der Waals surface area contributed by atoms with Gasteiger partial charge in [-0.15, -0.1) is 0 Å². The van der Waals surface area contributed by atoms with Crippen molar-refractivity contribution < 1.29 is 14.9 Å². The van der Waals surface area contributed by atoms with Gasteiger partial charge < -0.3 is 14.9 Å². The van der Waals surface area contributed by atoms with Gasteiger partial charge in [-0.25, -0.2) is 0 Å². The molecule has 13 heavy (non-hydrogen) atoms. The molecule has 0 aromatic carbocycles. The maximum Gasteiger partial charge on any atom is 0.145 e. The lowest BCUT2D eigenvalue weighted by molar-refractivity contribution is 0.0790. The van der Waals surface area contributed by atoms with E-state index in [0.29, 0.717) is 12.3 Å². The van der Waals surface area contributed by atoms with Crippen LogP contribution in [0.25, 0.3) is 0 Å². The van der Waals surface area contributed by atoms with Gasteiger partial charge in [-0.1, -0.05) is 0 Å². The molecule has 4 nitrogen and oxygen atoms in total. The minimum Gasteiger partial charge on any atom is -0.506 e. The Balaban J connectivity index is 2.54. The highest BCUT2D eigenvalue weighted by atomic mass is 16.5. The number of aliphatic hydroxyl groups is 1. The molecule has 2 rings (SSSR count). The average molecular weight is 181 g/mol. The SMILES string of the molecule is CC1OCc2c1cnc(CO)c2O. The fourth-order valence-corrected chi connectivity index (χ4v) is 1.51. The van der Waals surface area contributed by atoms with E-state index >= 15 is 0 Å². The minimum absolute atomic E-state index is 0.0128. The Morgan fingerprint density at radius 2 is 2.46 bits per heavy atom. The first-order chi connectivity index (χ1) is 6.24. The number of aromatic nitrogens is 1. The van der Waals surface area contributed by atoms with Crippen molar-refractivity contribution in [3.63, 3.8) is 0 Å². The zero-order valence-corrected chi connectivity index (χ0v) is 7.32. The number of pyridine rings is 1. The van der Waals surface area contributed by atoms with Crippen molar-refractivity contribution in [1.82, 2.24) is 4.98 Å². The van der Waals surface area contributed by atoms with Crippen molar-refractivity contribution in [3.8, 4) is 5.75 Å². The monoisotopic (exact) mass is 181 g/mol. The van der Waals surface area contributed by atoms with Crippen LogP contribution in [0.5, 0.6) is 5.75 Å². The Labute approximate surface area is 75.8 Å². The number of aromatic hydroxyl groups is 1. The molecule has 0 aliphatic carbocycles. The normalized spacial score (nSPS) is 20.3. The zero-order chi connectivity index (χ0) is 9.42. The number of hydrogen-bond acceptors (Lipinski definition) is 4. The molecule has 1 aliphatic heterocycles. The summed E-state index contributed by atoms with van der Waals surface area (Å²) in [6, 6.07) is 0. The van der Waals surface area contributed by atoms with Crippen LogP contribution in [0.3, 0.4) is 0 Å². The molecule has 0 amide bonds. The lowest BCUT2D eigenvalue weighted by Crippen LogP contribution is -1.95. The Bertz CT molecular complexity index is 338. The van der Waals surface area contributed by atoms with Crippen molar-refractivity contribution in [2.24, 2.45) is 0 Å². The number of nitrogens with zero attached hydrogens (tertiary/aromatic N) is 1. The van der Waals surface area contributed by atoms with E-state index in [2.05, 4.69) is 4.98 Å². The van der Waals surface area contributed by atoms with E-state index in [1.54, 1.807) is 6.20 Å². The van der Waals surface area contributed by atoms with Crippen LogP contribution in [-0.4, -0.2) is 15.2 Å². The Morgan fingerprint density at radius 3 is 3.15 bits per heavy atom. The summed E-state index contributed by atoms with van der Waals surface area (Å²) in [5, 5.41) is 18.5. The topological polar surface area (TPSA) is 62.6 Å². The van der Waals surface area contributed by atoms with Gasteiger partial charge in [-0.3, -0.25) is 4.98 Å². The van der Waals surface area contributed by atoms with Crippen LogP contribution in [0.4, 0.5) is 0 Å². The van der Waals surface area contributed by atoms with Crippen molar-refractivity contribution >= 4 is 0 Å². The Kier molecular flexibility index (Phi) is 1.94. The quantitative estimate of drug-likeness (QED) is 0.674. The zero-order valence-electron chi connectivity index (χ0n) is 7.32. The second-order valence-corrected chi connectivity index (χ2v) is 3.10. The highest BCUT2D eigenvalue weighted by Gasteiger charge is 2.24. The molecule has 1 aliphatic rings. The molecule has 4 heteroatoms. The fraction of sp³-hybridized carbons (Fsp3) is 0.444. The van der Waals surface area contributed by atoms with Crippen LogP contribution < -0.4 is 0 Å². The van der Waals surface area contributed by atoms with Gasteiger partial charge >= 0.3 is 0 Å². The van der Waals surface area contributed by atoms with E-state index in [9.17, 15) is 5.11 Å². The average Bonchev–Trinajstić information content (AvgIpc) is 2.50. The van der Waals surface area contributed by atoms with Crippen molar-refractivity contribution in [1.29, 1.82) is 0 Å². The number of rotatable bonds is 1. The molecule has 0 bridgehead atoms. The van der Waals surface area contributed by atoms with Gasteiger partial charge in [0.2, 0.25) is 0 Å². The van der Waals surface area contributed by atoms with Crippen LogP contribution in [0.15, 0.2) is 6.20 Å². The van der Waals surface area contributed by atoms with Crippen LogP contribution in [0, 0.1) is 0 Å². The third-order valence-electron chi connectivity index (χ3n) is 2.33. The molecule has 70 valence electrons. The van der Waals surface area contributed by atoms with Gasteiger partial charge in [0.25, 0.3) is 0 Å². The third-order valence-corrected chi connectivity index (χ3v) is 2.33. The lowest BCUT2D eigenvalue weighted by Gasteiger charge is -2.05. The highest BCUT2D eigenvalue weighted by Crippen LogP contribution is 2.36. The van der Waals surface area contributed by atoms with Crippen LogP contribution in [0.1, 0.15) is 29.8 Å². The molecular formula is C9H11NO3. The first-order valence-corrected chi connectivity index (χ1v) is 4.16. The van der Waals surface area contributed by atoms with Gasteiger partial charge in [0, 0.05) is 17.3 Å². The van der Waals surface area contributed by atoms with Gasteiger partial charge in [-0.2, -0.15) is 0 Å². The summed E-state index contributed by atoms with van der Waals surface area (Å²) in [7, 11) is 0. The minimum atomic E-state index is -0.243.